The monoisotopic (exact) mass is 391 g/mol. The molecule has 0 aliphatic carbocycles. The zero-order chi connectivity index (χ0) is 14.8. The zero-order valence-electron chi connectivity index (χ0n) is 10.8. The van der Waals surface area contributed by atoms with Crippen LogP contribution in [0.4, 0.5) is 5.69 Å². The van der Waals surface area contributed by atoms with Crippen molar-refractivity contribution in [2.75, 3.05) is 0 Å². The second-order valence-electron chi connectivity index (χ2n) is 4.43. The van der Waals surface area contributed by atoms with Gasteiger partial charge in [-0.2, -0.15) is 0 Å². The van der Waals surface area contributed by atoms with Crippen LogP contribution in [-0.2, 0) is 0 Å². The number of hydrogen-bond acceptors (Lipinski definition) is 3. The predicted molar refractivity (Wildman–Crippen MR) is 89.8 cm³/mol. The number of nitrogens with zero attached hydrogens (tertiary/aromatic N) is 1. The van der Waals surface area contributed by atoms with Crippen LogP contribution in [0.2, 0.25) is 0 Å². The number of nitro benzene ring substituents is 1. The van der Waals surface area contributed by atoms with Gasteiger partial charge in [-0.3, -0.25) is 10.1 Å². The first-order valence-corrected chi connectivity index (χ1v) is 7.33. The molecule has 5 heteroatoms. The summed E-state index contributed by atoms with van der Waals surface area (Å²) in [7, 11) is 0. The molecule has 21 heavy (non-hydrogen) atoms. The molecule has 0 unspecified atom stereocenters. The molecule has 0 radical (unpaired) electrons. The Hall–Kier alpha value is -2.15. The summed E-state index contributed by atoms with van der Waals surface area (Å²) in [6.07, 6.45) is 0. The molecule has 0 aromatic heterocycles. The van der Waals surface area contributed by atoms with E-state index in [4.69, 9.17) is 4.74 Å². The van der Waals surface area contributed by atoms with Gasteiger partial charge in [-0.05, 0) is 45.5 Å². The third-order valence-corrected chi connectivity index (χ3v) is 4.22. The van der Waals surface area contributed by atoms with E-state index in [9.17, 15) is 10.1 Å². The molecule has 0 bridgehead atoms. The molecule has 3 aromatic carbocycles. The Morgan fingerprint density at radius 3 is 2.43 bits per heavy atom. The zero-order valence-corrected chi connectivity index (χ0v) is 13.0. The van der Waals surface area contributed by atoms with E-state index in [2.05, 4.69) is 22.6 Å². The topological polar surface area (TPSA) is 52.4 Å². The van der Waals surface area contributed by atoms with Crippen LogP contribution >= 0.6 is 22.6 Å². The van der Waals surface area contributed by atoms with E-state index in [0.29, 0.717) is 5.75 Å². The van der Waals surface area contributed by atoms with Crippen molar-refractivity contribution < 1.29 is 9.66 Å². The molecule has 0 fully saturated rings. The molecule has 0 aliphatic rings. The number of halogens is 1. The first kappa shape index (κ1) is 13.8. The Balaban J connectivity index is 2.07. The van der Waals surface area contributed by atoms with E-state index in [1.165, 1.54) is 6.07 Å². The summed E-state index contributed by atoms with van der Waals surface area (Å²) in [6, 6.07) is 18.1. The van der Waals surface area contributed by atoms with Crippen LogP contribution in [-0.4, -0.2) is 4.92 Å². The smallest absolute Gasteiger partial charge is 0.311 e. The first-order valence-electron chi connectivity index (χ1n) is 6.25. The van der Waals surface area contributed by atoms with E-state index in [0.717, 1.165) is 14.3 Å². The van der Waals surface area contributed by atoms with E-state index >= 15 is 0 Å². The Labute approximate surface area is 134 Å². The second kappa shape index (κ2) is 5.69. The third-order valence-electron chi connectivity index (χ3n) is 3.11. The summed E-state index contributed by atoms with van der Waals surface area (Å²) in [5.74, 6) is 0.860. The maximum Gasteiger partial charge on any atom is 0.311 e. The lowest BCUT2D eigenvalue weighted by atomic mass is 10.1. The molecule has 0 aliphatic heterocycles. The van der Waals surface area contributed by atoms with Crippen molar-refractivity contribution >= 4 is 39.1 Å². The van der Waals surface area contributed by atoms with Gasteiger partial charge in [0.1, 0.15) is 5.75 Å². The van der Waals surface area contributed by atoms with Crippen molar-refractivity contribution in [2.45, 2.75) is 0 Å². The second-order valence-corrected chi connectivity index (χ2v) is 5.50. The maximum absolute atomic E-state index is 11.0. The maximum atomic E-state index is 11.0. The molecule has 3 aromatic rings. The number of benzene rings is 3. The Kier molecular flexibility index (Phi) is 3.74. The van der Waals surface area contributed by atoms with Gasteiger partial charge in [-0.15, -0.1) is 0 Å². The van der Waals surface area contributed by atoms with Crippen LogP contribution in [0.1, 0.15) is 0 Å². The SMILES string of the molecule is O=[N+]([O-])c1ccccc1Oc1ccc2ccccc2c1I. The summed E-state index contributed by atoms with van der Waals surface area (Å²) in [5.41, 5.74) is -0.0403. The number of fused-ring (bicyclic) bond motifs is 1. The van der Waals surface area contributed by atoms with Gasteiger partial charge in [-0.25, -0.2) is 0 Å². The Morgan fingerprint density at radius 1 is 0.905 bits per heavy atom. The minimum Gasteiger partial charge on any atom is -0.449 e. The van der Waals surface area contributed by atoms with Gasteiger partial charge in [0.25, 0.3) is 0 Å². The van der Waals surface area contributed by atoms with Crippen molar-refractivity contribution in [2.24, 2.45) is 0 Å². The highest BCUT2D eigenvalue weighted by atomic mass is 127. The molecule has 0 saturated carbocycles. The Morgan fingerprint density at radius 2 is 1.62 bits per heavy atom. The highest BCUT2D eigenvalue weighted by molar-refractivity contribution is 14.1. The van der Waals surface area contributed by atoms with Gasteiger partial charge in [0, 0.05) is 6.07 Å². The van der Waals surface area contributed by atoms with Crippen LogP contribution in [0.5, 0.6) is 11.5 Å². The van der Waals surface area contributed by atoms with Crippen LogP contribution in [0.3, 0.4) is 0 Å². The van der Waals surface area contributed by atoms with E-state index in [1.54, 1.807) is 18.2 Å². The van der Waals surface area contributed by atoms with Gasteiger partial charge in [0.15, 0.2) is 0 Å². The lowest BCUT2D eigenvalue weighted by Gasteiger charge is -2.10. The largest absolute Gasteiger partial charge is 0.449 e. The van der Waals surface area contributed by atoms with Crippen molar-refractivity contribution in [3.8, 4) is 11.5 Å². The normalized spacial score (nSPS) is 10.5. The highest BCUT2D eigenvalue weighted by Gasteiger charge is 2.16. The highest BCUT2D eigenvalue weighted by Crippen LogP contribution is 2.36. The third kappa shape index (κ3) is 2.69. The van der Waals surface area contributed by atoms with E-state index in [1.807, 2.05) is 36.4 Å². The van der Waals surface area contributed by atoms with Crippen molar-refractivity contribution in [3.63, 3.8) is 0 Å². The number of para-hydroxylation sites is 2. The molecule has 0 saturated heterocycles. The first-order chi connectivity index (χ1) is 10.2. The van der Waals surface area contributed by atoms with Crippen molar-refractivity contribution in [1.82, 2.24) is 0 Å². The molecular weight excluding hydrogens is 381 g/mol. The fourth-order valence-electron chi connectivity index (χ4n) is 2.11. The van der Waals surface area contributed by atoms with Crippen LogP contribution in [0.15, 0.2) is 60.7 Å². The number of ether oxygens (including phenoxy) is 1. The van der Waals surface area contributed by atoms with Gasteiger partial charge in [0.05, 0.1) is 8.49 Å². The summed E-state index contributed by atoms with van der Waals surface area (Å²) >= 11 is 2.20. The predicted octanol–water partition coefficient (Wildman–Crippen LogP) is 5.14. The minimum absolute atomic E-state index is 0.0403. The lowest BCUT2D eigenvalue weighted by Crippen LogP contribution is -1.94. The van der Waals surface area contributed by atoms with Gasteiger partial charge in [0.2, 0.25) is 5.75 Å². The van der Waals surface area contributed by atoms with E-state index in [-0.39, 0.29) is 11.4 Å². The van der Waals surface area contributed by atoms with Crippen LogP contribution in [0.25, 0.3) is 10.8 Å². The fourth-order valence-corrected chi connectivity index (χ4v) is 2.89. The van der Waals surface area contributed by atoms with Crippen LogP contribution in [0, 0.1) is 13.7 Å². The molecule has 3 rings (SSSR count). The van der Waals surface area contributed by atoms with Gasteiger partial charge >= 0.3 is 5.69 Å². The average molecular weight is 391 g/mol. The molecule has 0 atom stereocenters. The quantitative estimate of drug-likeness (QED) is 0.353. The number of hydrogen-bond donors (Lipinski definition) is 0. The molecule has 104 valence electrons. The number of rotatable bonds is 3. The minimum atomic E-state index is -0.441. The summed E-state index contributed by atoms with van der Waals surface area (Å²) < 4.78 is 6.69. The fraction of sp³-hybridized carbons (Fsp3) is 0. The van der Waals surface area contributed by atoms with Gasteiger partial charge in [-0.1, -0.05) is 42.5 Å². The molecule has 0 spiro atoms. The molecule has 0 heterocycles. The average Bonchev–Trinajstić information content (AvgIpc) is 2.51. The van der Waals surface area contributed by atoms with Crippen molar-refractivity contribution in [3.05, 3.63) is 74.3 Å². The summed E-state index contributed by atoms with van der Waals surface area (Å²) in [4.78, 5) is 10.6. The molecule has 0 N–H and O–H groups in total. The molecule has 0 amide bonds. The standard InChI is InChI=1S/C16H10INO3/c17-16-12-6-2-1-5-11(12)9-10-15(16)21-14-8-4-3-7-13(14)18(19)20/h1-10H. The molecule has 4 nitrogen and oxygen atoms in total. The summed E-state index contributed by atoms with van der Waals surface area (Å²) in [6.45, 7) is 0. The molecular formula is C16H10INO3. The van der Waals surface area contributed by atoms with Crippen molar-refractivity contribution in [1.29, 1.82) is 0 Å². The van der Waals surface area contributed by atoms with Gasteiger partial charge < -0.3 is 4.74 Å². The summed E-state index contributed by atoms with van der Waals surface area (Å²) in [5, 5.41) is 13.2. The van der Waals surface area contributed by atoms with Crippen LogP contribution < -0.4 is 4.74 Å². The van der Waals surface area contributed by atoms with E-state index < -0.39 is 4.92 Å². The lowest BCUT2D eigenvalue weighted by molar-refractivity contribution is -0.385. The Bertz CT molecular complexity index is 833. The number of nitro groups is 1.